The van der Waals surface area contributed by atoms with Crippen LogP contribution in [0.3, 0.4) is 0 Å². The summed E-state index contributed by atoms with van der Waals surface area (Å²) < 4.78 is 0. The molecule has 1 heterocycles. The minimum absolute atomic E-state index is 0.520. The first-order chi connectivity index (χ1) is 9.55. The number of nitrogens with two attached hydrogens (primary N) is 1. The van der Waals surface area contributed by atoms with E-state index < -0.39 is 5.54 Å². The van der Waals surface area contributed by atoms with Crippen LogP contribution in [0.1, 0.15) is 18.4 Å². The van der Waals surface area contributed by atoms with Crippen molar-refractivity contribution in [2.45, 2.75) is 24.4 Å². The van der Waals surface area contributed by atoms with E-state index in [2.05, 4.69) is 30.0 Å². The highest BCUT2D eigenvalue weighted by molar-refractivity contribution is 5.31. The molecule has 1 unspecified atom stereocenters. The second kappa shape index (κ2) is 6.36. The van der Waals surface area contributed by atoms with Crippen LogP contribution in [-0.4, -0.2) is 49.6 Å². The number of nitriles is 1. The van der Waals surface area contributed by atoms with Crippen molar-refractivity contribution in [3.8, 4) is 6.07 Å². The van der Waals surface area contributed by atoms with E-state index in [9.17, 15) is 5.26 Å². The molecule has 1 aromatic carbocycles. The van der Waals surface area contributed by atoms with Gasteiger partial charge in [0.25, 0.3) is 0 Å². The van der Waals surface area contributed by atoms with Crippen LogP contribution >= 0.6 is 0 Å². The first kappa shape index (κ1) is 15.0. The Morgan fingerprint density at radius 3 is 2.50 bits per heavy atom. The zero-order chi connectivity index (χ0) is 14.6. The van der Waals surface area contributed by atoms with Crippen LogP contribution in [0, 0.1) is 11.3 Å². The second-order valence-electron chi connectivity index (χ2n) is 5.90. The van der Waals surface area contributed by atoms with E-state index in [0.717, 1.165) is 31.5 Å². The summed E-state index contributed by atoms with van der Waals surface area (Å²) in [5, 5.41) is 9.52. The standard InChI is InChI=1S/C16H24N4/c1-19-10-8-15(9-11-19)20(2)13-16(18,12-17)14-6-4-3-5-7-14/h3-7,15H,8-11,13,18H2,1-2H3. The fourth-order valence-electron chi connectivity index (χ4n) is 2.88. The van der Waals surface area contributed by atoms with E-state index in [0.29, 0.717) is 12.6 Å². The van der Waals surface area contributed by atoms with Crippen LogP contribution < -0.4 is 5.73 Å². The Morgan fingerprint density at radius 2 is 1.95 bits per heavy atom. The summed E-state index contributed by atoms with van der Waals surface area (Å²) in [5.41, 5.74) is 6.30. The molecular weight excluding hydrogens is 248 g/mol. The van der Waals surface area contributed by atoms with Crippen molar-refractivity contribution in [2.75, 3.05) is 33.7 Å². The van der Waals surface area contributed by atoms with E-state index in [1.165, 1.54) is 0 Å². The van der Waals surface area contributed by atoms with Crippen molar-refractivity contribution in [2.24, 2.45) is 5.73 Å². The van der Waals surface area contributed by atoms with Crippen molar-refractivity contribution >= 4 is 0 Å². The molecule has 0 saturated carbocycles. The van der Waals surface area contributed by atoms with Crippen molar-refractivity contribution < 1.29 is 0 Å². The summed E-state index contributed by atoms with van der Waals surface area (Å²) in [4.78, 5) is 4.60. The van der Waals surface area contributed by atoms with Crippen LogP contribution in [0.15, 0.2) is 30.3 Å². The third-order valence-electron chi connectivity index (χ3n) is 4.30. The summed E-state index contributed by atoms with van der Waals surface area (Å²) in [6.45, 7) is 2.80. The lowest BCUT2D eigenvalue weighted by atomic mass is 9.91. The van der Waals surface area contributed by atoms with Gasteiger partial charge >= 0.3 is 0 Å². The molecule has 1 aliphatic heterocycles. The smallest absolute Gasteiger partial charge is 0.142 e. The number of likely N-dealkylation sites (tertiary alicyclic amines) is 1. The Labute approximate surface area is 121 Å². The second-order valence-corrected chi connectivity index (χ2v) is 5.90. The lowest BCUT2D eigenvalue weighted by molar-refractivity contribution is 0.130. The van der Waals surface area contributed by atoms with Gasteiger partial charge in [-0.15, -0.1) is 0 Å². The normalized spacial score (nSPS) is 20.6. The first-order valence-corrected chi connectivity index (χ1v) is 7.19. The number of nitrogens with zero attached hydrogens (tertiary/aromatic N) is 3. The number of likely N-dealkylation sites (N-methyl/N-ethyl adjacent to an activating group) is 1. The molecule has 0 radical (unpaired) electrons. The van der Waals surface area contributed by atoms with Gasteiger partial charge in [-0.1, -0.05) is 30.3 Å². The van der Waals surface area contributed by atoms with E-state index in [1.54, 1.807) is 0 Å². The van der Waals surface area contributed by atoms with Gasteiger partial charge in [0.1, 0.15) is 5.54 Å². The maximum atomic E-state index is 9.52. The number of benzene rings is 1. The third-order valence-corrected chi connectivity index (χ3v) is 4.30. The maximum Gasteiger partial charge on any atom is 0.142 e. The molecule has 1 fully saturated rings. The van der Waals surface area contributed by atoms with E-state index in [1.807, 2.05) is 30.3 Å². The fourth-order valence-corrected chi connectivity index (χ4v) is 2.88. The topological polar surface area (TPSA) is 56.3 Å². The molecular formula is C16H24N4. The van der Waals surface area contributed by atoms with Crippen molar-refractivity contribution in [1.29, 1.82) is 5.26 Å². The summed E-state index contributed by atoms with van der Waals surface area (Å²) in [6, 6.07) is 12.5. The van der Waals surface area contributed by atoms with Gasteiger partial charge in [0.15, 0.2) is 0 Å². The molecule has 4 nitrogen and oxygen atoms in total. The largest absolute Gasteiger partial charge is 0.309 e. The van der Waals surface area contributed by atoms with Crippen LogP contribution in [0.25, 0.3) is 0 Å². The molecule has 1 saturated heterocycles. The SMILES string of the molecule is CN1CCC(N(C)CC(N)(C#N)c2ccccc2)CC1. The molecule has 0 amide bonds. The molecule has 1 aliphatic rings. The van der Waals surface area contributed by atoms with Gasteiger partial charge < -0.3 is 15.5 Å². The molecule has 2 N–H and O–H groups in total. The van der Waals surface area contributed by atoms with Crippen LogP contribution in [0.4, 0.5) is 0 Å². The highest BCUT2D eigenvalue weighted by Gasteiger charge is 2.31. The molecule has 20 heavy (non-hydrogen) atoms. The Balaban J connectivity index is 2.05. The lowest BCUT2D eigenvalue weighted by Gasteiger charge is -2.38. The monoisotopic (exact) mass is 272 g/mol. The summed E-state index contributed by atoms with van der Waals surface area (Å²) >= 11 is 0. The van der Waals surface area contributed by atoms with Crippen molar-refractivity contribution in [1.82, 2.24) is 9.80 Å². The van der Waals surface area contributed by atoms with Gasteiger partial charge in [-0.05, 0) is 45.6 Å². The number of hydrogen-bond acceptors (Lipinski definition) is 4. The average Bonchev–Trinajstić information content (AvgIpc) is 2.48. The molecule has 1 aromatic rings. The molecule has 0 bridgehead atoms. The predicted octanol–water partition coefficient (Wildman–Crippen LogP) is 1.39. The average molecular weight is 272 g/mol. The zero-order valence-corrected chi connectivity index (χ0v) is 12.4. The maximum absolute atomic E-state index is 9.52. The molecule has 0 aromatic heterocycles. The molecule has 0 spiro atoms. The molecule has 4 heteroatoms. The van der Waals surface area contributed by atoms with Gasteiger partial charge in [-0.2, -0.15) is 5.26 Å². The van der Waals surface area contributed by atoms with Gasteiger partial charge in [-0.3, -0.25) is 0 Å². The predicted molar refractivity (Wildman–Crippen MR) is 81.1 cm³/mol. The lowest BCUT2D eigenvalue weighted by Crippen LogP contribution is -2.50. The van der Waals surface area contributed by atoms with Gasteiger partial charge in [-0.25, -0.2) is 0 Å². The third kappa shape index (κ3) is 3.37. The molecule has 1 atom stereocenters. The highest BCUT2D eigenvalue weighted by atomic mass is 15.2. The first-order valence-electron chi connectivity index (χ1n) is 7.19. The number of hydrogen-bond donors (Lipinski definition) is 1. The van der Waals surface area contributed by atoms with E-state index in [-0.39, 0.29) is 0 Å². The number of rotatable bonds is 4. The van der Waals surface area contributed by atoms with Gasteiger partial charge in [0.2, 0.25) is 0 Å². The zero-order valence-electron chi connectivity index (χ0n) is 12.4. The van der Waals surface area contributed by atoms with Gasteiger partial charge in [0, 0.05) is 12.6 Å². The summed E-state index contributed by atoms with van der Waals surface area (Å²) in [7, 11) is 4.24. The van der Waals surface area contributed by atoms with E-state index >= 15 is 0 Å². The van der Waals surface area contributed by atoms with Crippen molar-refractivity contribution in [3.63, 3.8) is 0 Å². The van der Waals surface area contributed by atoms with Crippen molar-refractivity contribution in [3.05, 3.63) is 35.9 Å². The molecule has 0 aliphatic carbocycles. The number of piperidine rings is 1. The van der Waals surface area contributed by atoms with Gasteiger partial charge in [0.05, 0.1) is 6.07 Å². The Morgan fingerprint density at radius 1 is 1.35 bits per heavy atom. The Bertz CT molecular complexity index is 459. The quantitative estimate of drug-likeness (QED) is 0.900. The highest BCUT2D eigenvalue weighted by Crippen LogP contribution is 2.22. The van der Waals surface area contributed by atoms with Crippen LogP contribution in [0.5, 0.6) is 0 Å². The minimum Gasteiger partial charge on any atom is -0.309 e. The summed E-state index contributed by atoms with van der Waals surface area (Å²) in [6.07, 6.45) is 2.28. The molecule has 2 rings (SSSR count). The van der Waals surface area contributed by atoms with Crippen LogP contribution in [-0.2, 0) is 5.54 Å². The van der Waals surface area contributed by atoms with Crippen LogP contribution in [0.2, 0.25) is 0 Å². The molecule has 108 valence electrons. The summed E-state index contributed by atoms with van der Waals surface area (Å²) in [5.74, 6) is 0. The van der Waals surface area contributed by atoms with E-state index in [4.69, 9.17) is 5.73 Å². The Kier molecular flexibility index (Phi) is 4.77. The fraction of sp³-hybridized carbons (Fsp3) is 0.562. The Hall–Kier alpha value is -1.41. The minimum atomic E-state index is -0.931.